The summed E-state index contributed by atoms with van der Waals surface area (Å²) in [4.78, 5) is 0. The van der Waals surface area contributed by atoms with Crippen molar-refractivity contribution < 1.29 is 0 Å². The second-order valence-corrected chi connectivity index (χ2v) is 4.05. The molecular weight excluding hydrogens is 244 g/mol. The number of hydrogen-bond acceptors (Lipinski definition) is 2. The van der Waals surface area contributed by atoms with Crippen LogP contribution in [0.25, 0.3) is 6.08 Å². The van der Waals surface area contributed by atoms with Crippen molar-refractivity contribution in [1.29, 1.82) is 0 Å². The minimum absolute atomic E-state index is 0.654. The Hall–Kier alpha value is -2.06. The molecule has 0 fully saturated rings. The molecule has 2 aromatic rings. The van der Waals surface area contributed by atoms with Crippen LogP contribution < -0.4 is 5.43 Å². The van der Waals surface area contributed by atoms with E-state index < -0.39 is 0 Å². The standard InChI is InChI=1S/C15H13ClN2/c16-14-10-4-5-11-15(14)18-17-12-6-9-13-7-2-1-3-8-13/h1-12,18H. The molecular formula is C15H13ClN2. The molecule has 3 heteroatoms. The first-order valence-corrected chi connectivity index (χ1v) is 5.99. The van der Waals surface area contributed by atoms with E-state index >= 15 is 0 Å². The molecule has 2 nitrogen and oxygen atoms in total. The minimum atomic E-state index is 0.654. The molecule has 1 N–H and O–H groups in total. The number of nitrogens with one attached hydrogen (secondary N) is 1. The molecule has 2 aromatic carbocycles. The van der Waals surface area contributed by atoms with Gasteiger partial charge in [-0.05, 0) is 23.8 Å². The summed E-state index contributed by atoms with van der Waals surface area (Å²) in [5.74, 6) is 0. The van der Waals surface area contributed by atoms with Crippen LogP contribution in [0.15, 0.2) is 65.8 Å². The van der Waals surface area contributed by atoms with Gasteiger partial charge in [0.1, 0.15) is 0 Å². The zero-order chi connectivity index (χ0) is 12.6. The molecule has 0 atom stereocenters. The SMILES string of the molecule is Clc1ccccc1NN=CC=Cc1ccccc1. The van der Waals surface area contributed by atoms with Crippen molar-refractivity contribution in [2.24, 2.45) is 5.10 Å². The number of para-hydroxylation sites is 1. The summed E-state index contributed by atoms with van der Waals surface area (Å²) in [6.07, 6.45) is 5.55. The predicted molar refractivity (Wildman–Crippen MR) is 79.0 cm³/mol. The second-order valence-electron chi connectivity index (χ2n) is 3.64. The minimum Gasteiger partial charge on any atom is -0.277 e. The highest BCUT2D eigenvalue weighted by atomic mass is 35.5. The van der Waals surface area contributed by atoms with Gasteiger partial charge in [0.25, 0.3) is 0 Å². The number of benzene rings is 2. The summed E-state index contributed by atoms with van der Waals surface area (Å²) < 4.78 is 0. The van der Waals surface area contributed by atoms with Gasteiger partial charge in [-0.25, -0.2) is 0 Å². The van der Waals surface area contributed by atoms with Gasteiger partial charge < -0.3 is 0 Å². The van der Waals surface area contributed by atoms with Crippen molar-refractivity contribution in [2.75, 3.05) is 5.43 Å². The summed E-state index contributed by atoms with van der Waals surface area (Å²) in [6, 6.07) is 17.5. The molecule has 0 aliphatic carbocycles. The van der Waals surface area contributed by atoms with Gasteiger partial charge >= 0.3 is 0 Å². The highest BCUT2D eigenvalue weighted by Crippen LogP contribution is 2.19. The summed E-state index contributed by atoms with van der Waals surface area (Å²) in [5, 5.41) is 4.73. The van der Waals surface area contributed by atoms with Crippen molar-refractivity contribution in [3.05, 3.63) is 71.3 Å². The van der Waals surface area contributed by atoms with Gasteiger partial charge in [0.15, 0.2) is 0 Å². The van der Waals surface area contributed by atoms with Crippen molar-refractivity contribution >= 4 is 29.6 Å². The van der Waals surface area contributed by atoms with E-state index in [-0.39, 0.29) is 0 Å². The molecule has 0 unspecified atom stereocenters. The molecule has 0 saturated carbocycles. The topological polar surface area (TPSA) is 24.4 Å². The van der Waals surface area contributed by atoms with Crippen molar-refractivity contribution in [3.8, 4) is 0 Å². The summed E-state index contributed by atoms with van der Waals surface area (Å²) in [6.45, 7) is 0. The first kappa shape index (κ1) is 12.4. The van der Waals surface area contributed by atoms with Crippen molar-refractivity contribution in [3.63, 3.8) is 0 Å². The van der Waals surface area contributed by atoms with Gasteiger partial charge in [-0.3, -0.25) is 5.43 Å². The Balaban J connectivity index is 1.90. The number of hydrogen-bond donors (Lipinski definition) is 1. The Bertz CT molecular complexity index is 547. The van der Waals surface area contributed by atoms with Crippen LogP contribution in [0.4, 0.5) is 5.69 Å². The number of rotatable bonds is 4. The van der Waals surface area contributed by atoms with E-state index in [9.17, 15) is 0 Å². The highest BCUT2D eigenvalue weighted by Gasteiger charge is 1.93. The number of nitrogens with zero attached hydrogens (tertiary/aromatic N) is 1. The first-order valence-electron chi connectivity index (χ1n) is 5.61. The smallest absolute Gasteiger partial charge is 0.0748 e. The number of hydrazone groups is 1. The van der Waals surface area contributed by atoms with E-state index in [1.54, 1.807) is 6.21 Å². The maximum atomic E-state index is 5.98. The summed E-state index contributed by atoms with van der Waals surface area (Å²) in [5.41, 5.74) is 4.82. The maximum Gasteiger partial charge on any atom is 0.0748 e. The Morgan fingerprint density at radius 3 is 2.44 bits per heavy atom. The van der Waals surface area contributed by atoms with Crippen LogP contribution in [-0.4, -0.2) is 6.21 Å². The van der Waals surface area contributed by atoms with E-state index in [2.05, 4.69) is 10.5 Å². The third kappa shape index (κ3) is 3.75. The van der Waals surface area contributed by atoms with Crippen LogP contribution in [0.1, 0.15) is 5.56 Å². The summed E-state index contributed by atoms with van der Waals surface area (Å²) in [7, 11) is 0. The fourth-order valence-corrected chi connectivity index (χ4v) is 1.60. The lowest BCUT2D eigenvalue weighted by molar-refractivity contribution is 1.36. The van der Waals surface area contributed by atoms with Crippen LogP contribution >= 0.6 is 11.6 Å². The van der Waals surface area contributed by atoms with Crippen molar-refractivity contribution in [2.45, 2.75) is 0 Å². The zero-order valence-electron chi connectivity index (χ0n) is 9.75. The molecule has 0 aliphatic heterocycles. The average molecular weight is 257 g/mol. The molecule has 90 valence electrons. The quantitative estimate of drug-likeness (QED) is 0.634. The van der Waals surface area contributed by atoms with Crippen LogP contribution in [0.3, 0.4) is 0 Å². The van der Waals surface area contributed by atoms with Gasteiger partial charge in [0.05, 0.1) is 10.7 Å². The third-order valence-electron chi connectivity index (χ3n) is 2.31. The van der Waals surface area contributed by atoms with Crippen LogP contribution in [0, 0.1) is 0 Å². The predicted octanol–water partition coefficient (Wildman–Crippen LogP) is 4.45. The Kier molecular flexibility index (Phi) is 4.56. The number of halogens is 1. The fourth-order valence-electron chi connectivity index (χ4n) is 1.42. The van der Waals surface area contributed by atoms with Gasteiger partial charge in [0.2, 0.25) is 0 Å². The number of allylic oxidation sites excluding steroid dienone is 1. The molecule has 0 amide bonds. The Morgan fingerprint density at radius 1 is 0.944 bits per heavy atom. The molecule has 0 aromatic heterocycles. The fraction of sp³-hybridized carbons (Fsp3) is 0. The van der Waals surface area contributed by atoms with Crippen molar-refractivity contribution in [1.82, 2.24) is 0 Å². The number of anilines is 1. The maximum absolute atomic E-state index is 5.98. The molecule has 0 saturated heterocycles. The molecule has 0 radical (unpaired) electrons. The van der Waals surface area contributed by atoms with Gasteiger partial charge in [-0.15, -0.1) is 0 Å². The molecule has 2 rings (SSSR count). The van der Waals surface area contributed by atoms with E-state index in [0.717, 1.165) is 11.3 Å². The largest absolute Gasteiger partial charge is 0.277 e. The third-order valence-corrected chi connectivity index (χ3v) is 2.64. The zero-order valence-corrected chi connectivity index (χ0v) is 10.5. The van der Waals surface area contributed by atoms with E-state index in [1.165, 1.54) is 0 Å². The van der Waals surface area contributed by atoms with E-state index in [1.807, 2.05) is 66.7 Å². The Labute approximate surface area is 112 Å². The summed E-state index contributed by atoms with van der Waals surface area (Å²) >= 11 is 5.98. The van der Waals surface area contributed by atoms with Gasteiger partial charge in [-0.1, -0.05) is 60.1 Å². The van der Waals surface area contributed by atoms with Crippen LogP contribution in [0.2, 0.25) is 5.02 Å². The normalized spacial score (nSPS) is 11.2. The molecule has 0 aliphatic rings. The second kappa shape index (κ2) is 6.62. The van der Waals surface area contributed by atoms with Crippen LogP contribution in [-0.2, 0) is 0 Å². The lowest BCUT2D eigenvalue weighted by Crippen LogP contribution is -1.88. The lowest BCUT2D eigenvalue weighted by Gasteiger charge is -2.00. The van der Waals surface area contributed by atoms with Gasteiger partial charge in [-0.2, -0.15) is 5.10 Å². The average Bonchev–Trinajstić information content (AvgIpc) is 2.42. The van der Waals surface area contributed by atoms with E-state index in [0.29, 0.717) is 5.02 Å². The highest BCUT2D eigenvalue weighted by molar-refractivity contribution is 6.33. The molecule has 0 heterocycles. The Morgan fingerprint density at radius 2 is 1.67 bits per heavy atom. The van der Waals surface area contributed by atoms with E-state index in [4.69, 9.17) is 11.6 Å². The molecule has 0 spiro atoms. The van der Waals surface area contributed by atoms with Gasteiger partial charge in [0, 0.05) is 6.21 Å². The monoisotopic (exact) mass is 256 g/mol. The molecule has 0 bridgehead atoms. The lowest BCUT2D eigenvalue weighted by atomic mass is 10.2. The van der Waals surface area contributed by atoms with Crippen LogP contribution in [0.5, 0.6) is 0 Å². The molecule has 18 heavy (non-hydrogen) atoms. The first-order chi connectivity index (χ1) is 8.86.